The highest BCUT2D eigenvalue weighted by atomic mass is 35.5. The average Bonchev–Trinajstić information content (AvgIpc) is 2.37. The quantitative estimate of drug-likeness (QED) is 0.574. The number of rotatable bonds is 6. The van der Waals surface area contributed by atoms with Gasteiger partial charge in [0.25, 0.3) is 0 Å². The van der Waals surface area contributed by atoms with Gasteiger partial charge in [0.05, 0.1) is 5.02 Å². The zero-order valence-electron chi connectivity index (χ0n) is 10.5. The molecule has 19 heavy (non-hydrogen) atoms. The van der Waals surface area contributed by atoms with Crippen LogP contribution in [0.1, 0.15) is 5.56 Å². The number of halogens is 2. The lowest BCUT2D eigenvalue weighted by Gasteiger charge is -2.16. The van der Waals surface area contributed by atoms with Crippen molar-refractivity contribution in [1.29, 1.82) is 0 Å². The van der Waals surface area contributed by atoms with E-state index in [1.54, 1.807) is 18.2 Å². The Morgan fingerprint density at radius 2 is 1.95 bits per heavy atom. The first-order valence-corrected chi connectivity index (χ1v) is 6.10. The van der Waals surface area contributed by atoms with Crippen LogP contribution in [0.15, 0.2) is 49.6 Å². The van der Waals surface area contributed by atoms with Crippen LogP contribution in [0.5, 0.6) is 0 Å². The van der Waals surface area contributed by atoms with Crippen molar-refractivity contribution in [2.45, 2.75) is 0 Å². The minimum Gasteiger partial charge on any atom is -0.332 e. The molecule has 0 saturated heterocycles. The maximum absolute atomic E-state index is 13.5. The molecule has 0 N–H and O–H groups in total. The number of carbonyl (C=O) groups is 1. The number of carbonyl (C=O) groups excluding carboxylic acids is 1. The third-order valence-electron chi connectivity index (χ3n) is 2.40. The van der Waals surface area contributed by atoms with E-state index in [0.29, 0.717) is 13.1 Å². The Hall–Kier alpha value is -1.87. The second-order valence-corrected chi connectivity index (χ2v) is 4.20. The van der Waals surface area contributed by atoms with Crippen molar-refractivity contribution in [2.24, 2.45) is 0 Å². The predicted octanol–water partition coefficient (Wildman–Crippen LogP) is 3.69. The summed E-state index contributed by atoms with van der Waals surface area (Å²) in [4.78, 5) is 13.4. The molecule has 0 aliphatic rings. The molecule has 0 heterocycles. The summed E-state index contributed by atoms with van der Waals surface area (Å²) >= 11 is 5.87. The molecule has 1 aromatic rings. The fourth-order valence-corrected chi connectivity index (χ4v) is 1.72. The molecule has 0 bridgehead atoms. The van der Waals surface area contributed by atoms with E-state index in [-0.39, 0.29) is 16.5 Å². The summed E-state index contributed by atoms with van der Waals surface area (Å²) in [5.41, 5.74) is 0.203. The van der Waals surface area contributed by atoms with Gasteiger partial charge in [0.2, 0.25) is 5.91 Å². The van der Waals surface area contributed by atoms with Gasteiger partial charge in [-0.15, -0.1) is 13.2 Å². The second kappa shape index (κ2) is 7.54. The van der Waals surface area contributed by atoms with Crippen LogP contribution in [0, 0.1) is 5.82 Å². The molecule has 0 unspecified atom stereocenters. The predicted molar refractivity (Wildman–Crippen MR) is 77.4 cm³/mol. The molecule has 1 aromatic carbocycles. The normalized spacial score (nSPS) is 10.4. The minimum atomic E-state index is -0.462. The highest BCUT2D eigenvalue weighted by Crippen LogP contribution is 2.20. The fourth-order valence-electron chi connectivity index (χ4n) is 1.50. The van der Waals surface area contributed by atoms with Gasteiger partial charge in [-0.2, -0.15) is 0 Å². The van der Waals surface area contributed by atoms with Crippen molar-refractivity contribution < 1.29 is 9.18 Å². The molecule has 0 radical (unpaired) electrons. The van der Waals surface area contributed by atoms with Gasteiger partial charge in [-0.05, 0) is 18.2 Å². The Labute approximate surface area is 117 Å². The SMILES string of the molecule is C=CCN(CC=C)C(=O)C=Cc1c(F)cccc1Cl. The summed E-state index contributed by atoms with van der Waals surface area (Å²) < 4.78 is 13.5. The number of benzene rings is 1. The van der Waals surface area contributed by atoms with E-state index in [1.165, 1.54) is 29.2 Å². The number of hydrogen-bond donors (Lipinski definition) is 0. The van der Waals surface area contributed by atoms with E-state index >= 15 is 0 Å². The van der Waals surface area contributed by atoms with Crippen molar-refractivity contribution in [3.05, 3.63) is 66.0 Å². The van der Waals surface area contributed by atoms with Gasteiger partial charge >= 0.3 is 0 Å². The van der Waals surface area contributed by atoms with Gasteiger partial charge in [-0.3, -0.25) is 4.79 Å². The van der Waals surface area contributed by atoms with E-state index in [0.717, 1.165) is 0 Å². The lowest BCUT2D eigenvalue weighted by Crippen LogP contribution is -2.29. The van der Waals surface area contributed by atoms with E-state index in [9.17, 15) is 9.18 Å². The Morgan fingerprint density at radius 1 is 1.32 bits per heavy atom. The summed E-state index contributed by atoms with van der Waals surface area (Å²) in [6.45, 7) is 7.96. The Kier molecular flexibility index (Phi) is 6.03. The monoisotopic (exact) mass is 279 g/mol. The van der Waals surface area contributed by atoms with Gasteiger partial charge in [0.1, 0.15) is 5.82 Å². The molecule has 2 nitrogen and oxygen atoms in total. The first-order valence-electron chi connectivity index (χ1n) is 5.73. The van der Waals surface area contributed by atoms with Gasteiger partial charge < -0.3 is 4.90 Å². The summed E-state index contributed by atoms with van der Waals surface area (Å²) in [5, 5.41) is 0.267. The molecule has 0 saturated carbocycles. The van der Waals surface area contributed by atoms with Crippen molar-refractivity contribution >= 4 is 23.6 Å². The summed E-state index contributed by atoms with van der Waals surface area (Å²) in [6, 6.07) is 4.37. The maximum Gasteiger partial charge on any atom is 0.247 e. The molecule has 0 aliphatic carbocycles. The van der Waals surface area contributed by atoms with Crippen molar-refractivity contribution in [3.63, 3.8) is 0 Å². The standard InChI is InChI=1S/C15H15ClFNO/c1-3-10-18(11-4-2)15(19)9-8-12-13(16)6-5-7-14(12)17/h3-9H,1-2,10-11H2. The number of amides is 1. The molecular formula is C15H15ClFNO. The minimum absolute atomic E-state index is 0.203. The smallest absolute Gasteiger partial charge is 0.247 e. The van der Waals surface area contributed by atoms with Gasteiger partial charge in [-0.25, -0.2) is 4.39 Å². The summed E-state index contributed by atoms with van der Waals surface area (Å²) in [7, 11) is 0. The third-order valence-corrected chi connectivity index (χ3v) is 2.73. The highest BCUT2D eigenvalue weighted by molar-refractivity contribution is 6.32. The Bertz CT molecular complexity index is 481. The van der Waals surface area contributed by atoms with E-state index in [2.05, 4.69) is 13.2 Å². The van der Waals surface area contributed by atoms with E-state index in [1.807, 2.05) is 0 Å². The van der Waals surface area contributed by atoms with Crippen molar-refractivity contribution in [3.8, 4) is 0 Å². The summed E-state index contributed by atoms with van der Waals surface area (Å²) in [6.07, 6.45) is 5.90. The van der Waals surface area contributed by atoms with Crippen LogP contribution in [0.2, 0.25) is 5.02 Å². The zero-order valence-corrected chi connectivity index (χ0v) is 11.2. The molecular weight excluding hydrogens is 265 g/mol. The molecule has 0 aromatic heterocycles. The first-order chi connectivity index (χ1) is 9.10. The van der Waals surface area contributed by atoms with Gasteiger partial charge in [-0.1, -0.05) is 29.8 Å². The summed E-state index contributed by atoms with van der Waals surface area (Å²) in [5.74, 6) is -0.713. The van der Waals surface area contributed by atoms with Crippen molar-refractivity contribution in [2.75, 3.05) is 13.1 Å². The Morgan fingerprint density at radius 3 is 2.47 bits per heavy atom. The lowest BCUT2D eigenvalue weighted by atomic mass is 10.2. The molecule has 100 valence electrons. The van der Waals surface area contributed by atoms with Crippen LogP contribution < -0.4 is 0 Å². The second-order valence-electron chi connectivity index (χ2n) is 3.79. The topological polar surface area (TPSA) is 20.3 Å². The van der Waals surface area contributed by atoms with Crippen LogP contribution in [-0.2, 0) is 4.79 Å². The highest BCUT2D eigenvalue weighted by Gasteiger charge is 2.08. The average molecular weight is 280 g/mol. The zero-order chi connectivity index (χ0) is 14.3. The van der Waals surface area contributed by atoms with E-state index < -0.39 is 5.82 Å². The third kappa shape index (κ3) is 4.38. The largest absolute Gasteiger partial charge is 0.332 e. The van der Waals surface area contributed by atoms with Crippen LogP contribution in [0.3, 0.4) is 0 Å². The Balaban J connectivity index is 2.87. The van der Waals surface area contributed by atoms with Gasteiger partial charge in [0, 0.05) is 24.7 Å². The first kappa shape index (κ1) is 15.2. The molecule has 0 fully saturated rings. The molecule has 4 heteroatoms. The number of nitrogens with zero attached hydrogens (tertiary/aromatic N) is 1. The van der Waals surface area contributed by atoms with Crippen LogP contribution in [-0.4, -0.2) is 23.9 Å². The molecule has 0 atom stereocenters. The lowest BCUT2D eigenvalue weighted by molar-refractivity contribution is -0.124. The van der Waals surface area contributed by atoms with E-state index in [4.69, 9.17) is 11.6 Å². The number of hydrogen-bond acceptors (Lipinski definition) is 1. The van der Waals surface area contributed by atoms with Crippen LogP contribution in [0.4, 0.5) is 4.39 Å². The fraction of sp³-hybridized carbons (Fsp3) is 0.133. The molecule has 1 rings (SSSR count). The maximum atomic E-state index is 13.5. The van der Waals surface area contributed by atoms with Gasteiger partial charge in [0.15, 0.2) is 0 Å². The van der Waals surface area contributed by atoms with Crippen molar-refractivity contribution in [1.82, 2.24) is 4.90 Å². The molecule has 0 spiro atoms. The molecule has 1 amide bonds. The van der Waals surface area contributed by atoms with Crippen LogP contribution >= 0.6 is 11.6 Å². The van der Waals surface area contributed by atoms with Crippen LogP contribution in [0.25, 0.3) is 6.08 Å². The molecule has 0 aliphatic heterocycles.